The second-order valence-corrected chi connectivity index (χ2v) is 6.30. The molecule has 26 heavy (non-hydrogen) atoms. The van der Waals surface area contributed by atoms with Gasteiger partial charge in [-0.25, -0.2) is 4.79 Å². The van der Waals surface area contributed by atoms with Crippen LogP contribution in [0, 0.1) is 0 Å². The van der Waals surface area contributed by atoms with Gasteiger partial charge in [0, 0.05) is 23.2 Å². The minimum absolute atomic E-state index is 0.271. The monoisotopic (exact) mass is 351 g/mol. The average Bonchev–Trinajstić information content (AvgIpc) is 2.61. The van der Waals surface area contributed by atoms with E-state index in [4.69, 9.17) is 9.15 Å². The van der Waals surface area contributed by atoms with E-state index in [9.17, 15) is 9.59 Å². The molecule has 1 amide bonds. The number of fused-ring (bicyclic) bond motifs is 1. The molecular weight excluding hydrogens is 330 g/mol. The van der Waals surface area contributed by atoms with Gasteiger partial charge in [-0.1, -0.05) is 26.0 Å². The predicted octanol–water partition coefficient (Wildman–Crippen LogP) is 4.57. The van der Waals surface area contributed by atoms with Gasteiger partial charge in [-0.05, 0) is 42.7 Å². The van der Waals surface area contributed by atoms with Gasteiger partial charge in [-0.15, -0.1) is 0 Å². The molecule has 3 rings (SSSR count). The molecule has 0 aliphatic rings. The van der Waals surface area contributed by atoms with Crippen molar-refractivity contribution in [1.82, 2.24) is 0 Å². The number of benzene rings is 2. The predicted molar refractivity (Wildman–Crippen MR) is 102 cm³/mol. The third kappa shape index (κ3) is 3.77. The molecule has 0 atom stereocenters. The van der Waals surface area contributed by atoms with Crippen molar-refractivity contribution < 1.29 is 13.9 Å². The summed E-state index contributed by atoms with van der Waals surface area (Å²) >= 11 is 0. The van der Waals surface area contributed by atoms with Gasteiger partial charge in [0.2, 0.25) is 0 Å². The van der Waals surface area contributed by atoms with Gasteiger partial charge in [0.1, 0.15) is 11.3 Å². The summed E-state index contributed by atoms with van der Waals surface area (Å²) in [6.07, 6.45) is 0. The largest absolute Gasteiger partial charge is 0.494 e. The molecule has 0 aliphatic carbocycles. The molecule has 0 unspecified atom stereocenters. The zero-order valence-corrected chi connectivity index (χ0v) is 15.0. The second-order valence-electron chi connectivity index (χ2n) is 6.30. The van der Waals surface area contributed by atoms with Crippen LogP contribution in [0.1, 0.15) is 42.6 Å². The van der Waals surface area contributed by atoms with E-state index in [-0.39, 0.29) is 11.5 Å². The number of amides is 1. The first-order chi connectivity index (χ1) is 12.5. The highest BCUT2D eigenvalue weighted by atomic mass is 16.5. The Morgan fingerprint density at radius 3 is 2.50 bits per heavy atom. The van der Waals surface area contributed by atoms with Crippen LogP contribution in [0.4, 0.5) is 5.69 Å². The van der Waals surface area contributed by atoms with Crippen molar-refractivity contribution in [2.45, 2.75) is 26.7 Å². The normalized spacial score (nSPS) is 10.9. The van der Waals surface area contributed by atoms with E-state index in [1.807, 2.05) is 31.2 Å². The van der Waals surface area contributed by atoms with Gasteiger partial charge >= 0.3 is 5.63 Å². The van der Waals surface area contributed by atoms with E-state index in [0.29, 0.717) is 34.9 Å². The highest BCUT2D eigenvalue weighted by Crippen LogP contribution is 2.24. The van der Waals surface area contributed by atoms with Crippen molar-refractivity contribution in [3.05, 3.63) is 70.1 Å². The molecule has 0 radical (unpaired) electrons. The molecule has 3 aromatic rings. The van der Waals surface area contributed by atoms with Crippen LogP contribution in [0.5, 0.6) is 5.75 Å². The molecule has 0 saturated carbocycles. The van der Waals surface area contributed by atoms with Crippen LogP contribution < -0.4 is 15.7 Å². The van der Waals surface area contributed by atoms with Gasteiger partial charge in [0.25, 0.3) is 5.91 Å². The van der Waals surface area contributed by atoms with Crippen molar-refractivity contribution >= 4 is 22.6 Å². The van der Waals surface area contributed by atoms with Gasteiger partial charge in [0.15, 0.2) is 0 Å². The third-order valence-corrected chi connectivity index (χ3v) is 4.11. The summed E-state index contributed by atoms with van der Waals surface area (Å²) < 4.78 is 10.6. The number of rotatable bonds is 5. The first-order valence-electron chi connectivity index (χ1n) is 8.60. The zero-order chi connectivity index (χ0) is 18.7. The van der Waals surface area contributed by atoms with E-state index in [0.717, 1.165) is 0 Å². The first kappa shape index (κ1) is 17.7. The summed E-state index contributed by atoms with van der Waals surface area (Å²) in [5.41, 5.74) is 1.88. The van der Waals surface area contributed by atoms with Crippen LogP contribution in [0.3, 0.4) is 0 Å². The SMILES string of the molecule is CCOc1ccc2c(C(=O)Nc3ccc(C(C)C)cc3)cc(=O)oc2c1. The summed E-state index contributed by atoms with van der Waals surface area (Å²) in [5, 5.41) is 3.39. The zero-order valence-electron chi connectivity index (χ0n) is 15.0. The fraction of sp³-hybridized carbons (Fsp3) is 0.238. The van der Waals surface area contributed by atoms with Crippen LogP contribution in [0.25, 0.3) is 11.0 Å². The topological polar surface area (TPSA) is 68.5 Å². The molecule has 5 nitrogen and oxygen atoms in total. The van der Waals surface area contributed by atoms with E-state index in [1.54, 1.807) is 18.2 Å². The third-order valence-electron chi connectivity index (χ3n) is 4.11. The molecule has 0 aliphatic heterocycles. The lowest BCUT2D eigenvalue weighted by Gasteiger charge is -2.10. The number of nitrogens with one attached hydrogen (secondary N) is 1. The lowest BCUT2D eigenvalue weighted by atomic mass is 10.0. The van der Waals surface area contributed by atoms with Gasteiger partial charge < -0.3 is 14.5 Å². The number of carbonyl (C=O) groups excluding carboxylic acids is 1. The maximum Gasteiger partial charge on any atom is 0.337 e. The Bertz CT molecular complexity index is 987. The highest BCUT2D eigenvalue weighted by molar-refractivity contribution is 6.12. The Labute approximate surface area is 151 Å². The average molecular weight is 351 g/mol. The van der Waals surface area contributed by atoms with Crippen molar-refractivity contribution in [3.8, 4) is 5.75 Å². The molecule has 1 aromatic heterocycles. The minimum atomic E-state index is -0.577. The van der Waals surface area contributed by atoms with E-state index in [2.05, 4.69) is 19.2 Å². The number of carbonyl (C=O) groups is 1. The summed E-state index contributed by atoms with van der Waals surface area (Å²) in [6, 6.07) is 14.0. The summed E-state index contributed by atoms with van der Waals surface area (Å²) in [6.45, 7) is 6.59. The molecule has 1 heterocycles. The highest BCUT2D eigenvalue weighted by Gasteiger charge is 2.14. The van der Waals surface area contributed by atoms with Crippen LogP contribution in [0.2, 0.25) is 0 Å². The number of hydrogen-bond acceptors (Lipinski definition) is 4. The molecule has 5 heteroatoms. The standard InChI is InChI=1S/C21H21NO4/c1-4-25-16-9-10-17-18(12-20(23)26-19(17)11-16)21(24)22-15-7-5-14(6-8-15)13(2)3/h5-13H,4H2,1-3H3,(H,22,24). The van der Waals surface area contributed by atoms with Crippen LogP contribution in [-0.2, 0) is 0 Å². The van der Waals surface area contributed by atoms with E-state index < -0.39 is 5.63 Å². The molecule has 0 spiro atoms. The van der Waals surface area contributed by atoms with Gasteiger partial charge in [0.05, 0.1) is 12.2 Å². The van der Waals surface area contributed by atoms with Crippen LogP contribution in [-0.4, -0.2) is 12.5 Å². The lowest BCUT2D eigenvalue weighted by molar-refractivity contribution is 0.102. The Balaban J connectivity index is 1.93. The number of hydrogen-bond donors (Lipinski definition) is 1. The molecule has 1 N–H and O–H groups in total. The Hall–Kier alpha value is -3.08. The first-order valence-corrected chi connectivity index (χ1v) is 8.60. The molecule has 0 bridgehead atoms. The van der Waals surface area contributed by atoms with Crippen molar-refractivity contribution in [2.75, 3.05) is 11.9 Å². The van der Waals surface area contributed by atoms with Gasteiger partial charge in [-0.3, -0.25) is 4.79 Å². The van der Waals surface area contributed by atoms with E-state index >= 15 is 0 Å². The molecule has 134 valence electrons. The Morgan fingerprint density at radius 1 is 1.12 bits per heavy atom. The Morgan fingerprint density at radius 2 is 1.85 bits per heavy atom. The van der Waals surface area contributed by atoms with Crippen molar-refractivity contribution in [2.24, 2.45) is 0 Å². The second kappa shape index (κ2) is 7.44. The maximum absolute atomic E-state index is 12.7. The van der Waals surface area contributed by atoms with Crippen molar-refractivity contribution in [1.29, 1.82) is 0 Å². The maximum atomic E-state index is 12.7. The lowest BCUT2D eigenvalue weighted by Crippen LogP contribution is -2.15. The summed E-state index contributed by atoms with van der Waals surface area (Å²) in [5.74, 6) is 0.649. The van der Waals surface area contributed by atoms with E-state index in [1.165, 1.54) is 11.6 Å². The molecule has 0 saturated heterocycles. The fourth-order valence-electron chi connectivity index (χ4n) is 2.74. The smallest absolute Gasteiger partial charge is 0.337 e. The summed E-state index contributed by atoms with van der Waals surface area (Å²) in [4.78, 5) is 24.5. The Kier molecular flexibility index (Phi) is 5.07. The minimum Gasteiger partial charge on any atom is -0.494 e. The van der Waals surface area contributed by atoms with Gasteiger partial charge in [-0.2, -0.15) is 0 Å². The van der Waals surface area contributed by atoms with Crippen molar-refractivity contribution in [3.63, 3.8) is 0 Å². The molecule has 0 fully saturated rings. The summed E-state index contributed by atoms with van der Waals surface area (Å²) in [7, 11) is 0. The molecule has 2 aromatic carbocycles. The number of anilines is 1. The molecular formula is C21H21NO4. The quantitative estimate of drug-likeness (QED) is 0.684. The number of ether oxygens (including phenoxy) is 1. The fourth-order valence-corrected chi connectivity index (χ4v) is 2.74. The van der Waals surface area contributed by atoms with Crippen LogP contribution in [0.15, 0.2) is 57.7 Å². The van der Waals surface area contributed by atoms with Crippen LogP contribution >= 0.6 is 0 Å².